The zero-order chi connectivity index (χ0) is 26.4. The molecule has 0 aliphatic carbocycles. The van der Waals surface area contributed by atoms with Crippen molar-refractivity contribution < 1.29 is 19.4 Å². The average Bonchev–Trinajstić information content (AvgIpc) is 3.22. The first kappa shape index (κ1) is 25.7. The van der Waals surface area contributed by atoms with Gasteiger partial charge in [-0.15, -0.1) is 0 Å². The van der Waals surface area contributed by atoms with Gasteiger partial charge in [0.1, 0.15) is 0 Å². The molecule has 0 radical (unpaired) electrons. The minimum Gasteiger partial charge on any atom is -0.494 e. The lowest BCUT2D eigenvalue weighted by Gasteiger charge is -2.13. The molecule has 8 nitrogen and oxygen atoms in total. The van der Waals surface area contributed by atoms with Crippen molar-refractivity contribution in [3.8, 4) is 5.88 Å². The Labute approximate surface area is 215 Å². The minimum absolute atomic E-state index is 0.0461. The molecular weight excluding hydrogens is 468 g/mol. The number of rotatable bonds is 9. The van der Waals surface area contributed by atoms with Gasteiger partial charge in [-0.3, -0.25) is 4.79 Å². The third kappa shape index (κ3) is 6.05. The molecular formula is C29H30N4O4. The Morgan fingerprint density at radius 3 is 2.46 bits per heavy atom. The quantitative estimate of drug-likeness (QED) is 0.196. The molecule has 0 fully saturated rings. The number of fused-ring (bicyclic) bond motifs is 1. The lowest BCUT2D eigenvalue weighted by Crippen LogP contribution is -2.24. The monoisotopic (exact) mass is 498 g/mol. The lowest BCUT2D eigenvalue weighted by molar-refractivity contribution is -0.118. The van der Waals surface area contributed by atoms with Crippen molar-refractivity contribution in [2.45, 2.75) is 26.3 Å². The van der Waals surface area contributed by atoms with Crippen molar-refractivity contribution in [3.05, 3.63) is 95.1 Å². The van der Waals surface area contributed by atoms with Gasteiger partial charge in [-0.25, -0.2) is 9.79 Å². The SMILES string of the molecule is CCOC(=O)c1ccc2c(C(=Nc3ccc(C(N)CCNC(C)=O)cc3)c3ccccc3)c(O)[nH]c2c1. The summed E-state index contributed by atoms with van der Waals surface area (Å²) in [6.45, 7) is 4.02. The van der Waals surface area contributed by atoms with Gasteiger partial charge in [0.2, 0.25) is 5.91 Å². The molecule has 0 aliphatic rings. The Morgan fingerprint density at radius 2 is 1.78 bits per heavy atom. The average molecular weight is 499 g/mol. The normalized spacial score (nSPS) is 12.4. The Kier molecular flexibility index (Phi) is 8.00. The number of nitrogens with zero attached hydrogens (tertiary/aromatic N) is 1. The molecule has 5 N–H and O–H groups in total. The predicted octanol–water partition coefficient (Wildman–Crippen LogP) is 4.75. The van der Waals surface area contributed by atoms with Crippen molar-refractivity contribution in [1.29, 1.82) is 0 Å². The third-order valence-corrected chi connectivity index (χ3v) is 5.97. The molecule has 3 aromatic carbocycles. The van der Waals surface area contributed by atoms with Crippen LogP contribution < -0.4 is 11.1 Å². The van der Waals surface area contributed by atoms with E-state index in [0.29, 0.717) is 41.0 Å². The maximum absolute atomic E-state index is 12.2. The highest BCUT2D eigenvalue weighted by Crippen LogP contribution is 2.32. The Morgan fingerprint density at radius 1 is 1.05 bits per heavy atom. The zero-order valence-electron chi connectivity index (χ0n) is 20.8. The zero-order valence-corrected chi connectivity index (χ0v) is 20.8. The van der Waals surface area contributed by atoms with E-state index in [1.54, 1.807) is 25.1 Å². The van der Waals surface area contributed by atoms with Crippen molar-refractivity contribution in [3.63, 3.8) is 0 Å². The number of aromatic amines is 1. The summed E-state index contributed by atoms with van der Waals surface area (Å²) in [4.78, 5) is 31.2. The van der Waals surface area contributed by atoms with Crippen molar-refractivity contribution in [1.82, 2.24) is 10.3 Å². The molecule has 1 aromatic heterocycles. The number of nitrogens with two attached hydrogens (primary N) is 1. The molecule has 37 heavy (non-hydrogen) atoms. The first-order valence-electron chi connectivity index (χ1n) is 12.1. The van der Waals surface area contributed by atoms with E-state index in [1.165, 1.54) is 6.92 Å². The predicted molar refractivity (Wildman–Crippen MR) is 144 cm³/mol. The number of H-pyrrole nitrogens is 1. The van der Waals surface area contributed by atoms with Gasteiger partial charge in [-0.05, 0) is 43.2 Å². The Bertz CT molecular complexity index is 1430. The number of hydrogen-bond acceptors (Lipinski definition) is 6. The molecule has 1 atom stereocenters. The highest BCUT2D eigenvalue weighted by molar-refractivity contribution is 6.22. The van der Waals surface area contributed by atoms with E-state index in [0.717, 1.165) is 16.5 Å². The Hall–Kier alpha value is -4.43. The fraction of sp³-hybridized carbons (Fsp3) is 0.207. The Balaban J connectivity index is 1.71. The van der Waals surface area contributed by atoms with E-state index < -0.39 is 5.97 Å². The number of ether oxygens (including phenoxy) is 1. The highest BCUT2D eigenvalue weighted by atomic mass is 16.5. The van der Waals surface area contributed by atoms with E-state index in [4.69, 9.17) is 15.5 Å². The fourth-order valence-electron chi connectivity index (χ4n) is 4.12. The highest BCUT2D eigenvalue weighted by Gasteiger charge is 2.20. The molecule has 4 rings (SSSR count). The van der Waals surface area contributed by atoms with Crippen LogP contribution in [0.3, 0.4) is 0 Å². The molecule has 190 valence electrons. The molecule has 1 heterocycles. The number of esters is 1. The number of hydrogen-bond donors (Lipinski definition) is 4. The van der Waals surface area contributed by atoms with Gasteiger partial charge in [-0.2, -0.15) is 0 Å². The summed E-state index contributed by atoms with van der Waals surface area (Å²) in [6.07, 6.45) is 0.620. The van der Waals surface area contributed by atoms with Gasteiger partial charge in [0, 0.05) is 36.0 Å². The van der Waals surface area contributed by atoms with Crippen molar-refractivity contribution in [2.24, 2.45) is 10.7 Å². The van der Waals surface area contributed by atoms with Gasteiger partial charge in [0.25, 0.3) is 0 Å². The maximum atomic E-state index is 12.2. The molecule has 0 spiro atoms. The van der Waals surface area contributed by atoms with Crippen molar-refractivity contribution >= 4 is 34.2 Å². The standard InChI is InChI=1S/C29H30N4O4/c1-3-37-29(36)21-11-14-23-25(17-21)33-28(35)26(23)27(20-7-5-4-6-8-20)32-22-12-9-19(10-13-22)24(30)15-16-31-18(2)34/h4-14,17,24,33,35H,3,15-16,30H2,1-2H3,(H,31,34). The smallest absolute Gasteiger partial charge is 0.338 e. The summed E-state index contributed by atoms with van der Waals surface area (Å²) in [5, 5.41) is 14.4. The number of carbonyl (C=O) groups excluding carboxylic acids is 2. The number of benzene rings is 3. The van der Waals surface area contributed by atoms with Crippen LogP contribution >= 0.6 is 0 Å². The molecule has 0 aliphatic heterocycles. The first-order chi connectivity index (χ1) is 17.9. The second-order valence-electron chi connectivity index (χ2n) is 8.63. The van der Waals surface area contributed by atoms with Crippen LogP contribution in [-0.2, 0) is 9.53 Å². The number of nitrogens with one attached hydrogen (secondary N) is 2. The van der Waals surface area contributed by atoms with E-state index in [9.17, 15) is 14.7 Å². The topological polar surface area (TPSA) is 130 Å². The number of aromatic nitrogens is 1. The molecule has 1 unspecified atom stereocenters. The second kappa shape index (κ2) is 11.5. The van der Waals surface area contributed by atoms with Gasteiger partial charge >= 0.3 is 5.97 Å². The molecule has 8 heteroatoms. The maximum Gasteiger partial charge on any atom is 0.338 e. The van der Waals surface area contributed by atoms with Gasteiger partial charge in [0.15, 0.2) is 5.88 Å². The van der Waals surface area contributed by atoms with E-state index >= 15 is 0 Å². The van der Waals surface area contributed by atoms with E-state index in [-0.39, 0.29) is 24.4 Å². The summed E-state index contributed by atoms with van der Waals surface area (Å²) in [6, 6.07) is 22.1. The first-order valence-corrected chi connectivity index (χ1v) is 12.1. The molecule has 1 amide bonds. The molecule has 0 saturated heterocycles. The van der Waals surface area contributed by atoms with Crippen LogP contribution in [0.25, 0.3) is 10.9 Å². The van der Waals surface area contributed by atoms with Crippen LogP contribution in [0, 0.1) is 0 Å². The van der Waals surface area contributed by atoms with Crippen LogP contribution in [0.1, 0.15) is 53.4 Å². The minimum atomic E-state index is -0.424. The fourth-order valence-corrected chi connectivity index (χ4v) is 4.12. The van der Waals surface area contributed by atoms with Crippen molar-refractivity contribution in [2.75, 3.05) is 13.2 Å². The summed E-state index contributed by atoms with van der Waals surface area (Å²) in [5.74, 6) is -0.550. The van der Waals surface area contributed by atoms with Gasteiger partial charge in [0.05, 0.1) is 29.1 Å². The largest absolute Gasteiger partial charge is 0.494 e. The number of aliphatic imine (C=N–C) groups is 1. The number of aromatic hydroxyl groups is 1. The number of carbonyl (C=O) groups is 2. The van der Waals surface area contributed by atoms with E-state index in [1.807, 2.05) is 54.6 Å². The van der Waals surface area contributed by atoms with Crippen LogP contribution in [-0.4, -0.2) is 40.8 Å². The van der Waals surface area contributed by atoms with E-state index in [2.05, 4.69) is 10.3 Å². The van der Waals surface area contributed by atoms with Crippen LogP contribution in [0.2, 0.25) is 0 Å². The number of amides is 1. The molecule has 0 bridgehead atoms. The van der Waals surface area contributed by atoms with Gasteiger partial charge in [-0.1, -0.05) is 48.5 Å². The molecule has 0 saturated carbocycles. The third-order valence-electron chi connectivity index (χ3n) is 5.97. The van der Waals surface area contributed by atoms with Crippen LogP contribution in [0.15, 0.2) is 77.8 Å². The van der Waals surface area contributed by atoms with Crippen LogP contribution in [0.4, 0.5) is 5.69 Å². The second-order valence-corrected chi connectivity index (χ2v) is 8.63. The summed E-state index contributed by atoms with van der Waals surface area (Å²) < 4.78 is 5.10. The summed E-state index contributed by atoms with van der Waals surface area (Å²) >= 11 is 0. The molecule has 4 aromatic rings. The van der Waals surface area contributed by atoms with Gasteiger partial charge < -0.3 is 25.9 Å². The van der Waals surface area contributed by atoms with Crippen LogP contribution in [0.5, 0.6) is 5.88 Å². The summed E-state index contributed by atoms with van der Waals surface area (Å²) in [5.41, 5.74) is 10.8. The lowest BCUT2D eigenvalue weighted by atomic mass is 10.00. The summed E-state index contributed by atoms with van der Waals surface area (Å²) in [7, 11) is 0.